The van der Waals surface area contributed by atoms with Crippen LogP contribution in [0.1, 0.15) is 30.5 Å². The van der Waals surface area contributed by atoms with E-state index in [1.807, 2.05) is 18.2 Å². The summed E-state index contributed by atoms with van der Waals surface area (Å²) in [6.45, 7) is 4.58. The lowest BCUT2D eigenvalue weighted by atomic mass is 9.76. The van der Waals surface area contributed by atoms with Crippen LogP contribution in [0.2, 0.25) is 0 Å². The quantitative estimate of drug-likeness (QED) is 0.914. The third-order valence-electron chi connectivity index (χ3n) is 5.87. The molecule has 2 aliphatic heterocycles. The van der Waals surface area contributed by atoms with E-state index in [-0.39, 0.29) is 12.0 Å². The van der Waals surface area contributed by atoms with Gasteiger partial charge in [-0.1, -0.05) is 24.3 Å². The maximum Gasteiger partial charge on any atom is 0.212 e. The number of benzene rings is 2. The molecule has 136 valence electrons. The number of rotatable bonds is 3. The van der Waals surface area contributed by atoms with Gasteiger partial charge in [0.15, 0.2) is 11.5 Å². The van der Waals surface area contributed by atoms with Crippen molar-refractivity contribution >= 4 is 11.8 Å². The zero-order valence-corrected chi connectivity index (χ0v) is 15.7. The summed E-state index contributed by atoms with van der Waals surface area (Å²) in [4.78, 5) is 2.21. The van der Waals surface area contributed by atoms with Crippen LogP contribution in [0.5, 0.6) is 11.5 Å². The number of hydrogen-bond acceptors (Lipinski definition) is 4. The minimum atomic E-state index is -0.630. The molecule has 2 heterocycles. The van der Waals surface area contributed by atoms with Crippen molar-refractivity contribution in [3.8, 4) is 11.5 Å². The molecule has 4 heteroatoms. The predicted octanol–water partition coefficient (Wildman–Crippen LogP) is 3.76. The number of fused-ring (bicyclic) bond motifs is 2. The van der Waals surface area contributed by atoms with Crippen LogP contribution in [0.3, 0.4) is 0 Å². The number of methoxy groups -OCH3 is 1. The highest BCUT2D eigenvalue weighted by molar-refractivity contribution is 5.73. The van der Waals surface area contributed by atoms with Crippen molar-refractivity contribution in [2.75, 3.05) is 25.7 Å². The lowest BCUT2D eigenvalue weighted by Crippen LogP contribution is -2.58. The number of para-hydroxylation sites is 1. The highest BCUT2D eigenvalue weighted by Gasteiger charge is 2.57. The first kappa shape index (κ1) is 17.0. The Bertz CT molecular complexity index is 887. The van der Waals surface area contributed by atoms with E-state index < -0.39 is 5.72 Å². The van der Waals surface area contributed by atoms with Gasteiger partial charge in [-0.2, -0.15) is 0 Å². The highest BCUT2D eigenvalue weighted by atomic mass is 16.5. The minimum Gasteiger partial charge on any atom is -0.493 e. The van der Waals surface area contributed by atoms with E-state index in [1.54, 1.807) is 7.11 Å². The van der Waals surface area contributed by atoms with Gasteiger partial charge in [0.05, 0.1) is 12.5 Å². The summed E-state index contributed by atoms with van der Waals surface area (Å²) >= 11 is 0. The number of anilines is 1. The second-order valence-electron chi connectivity index (χ2n) is 7.52. The Morgan fingerprint density at radius 1 is 1.19 bits per heavy atom. The summed E-state index contributed by atoms with van der Waals surface area (Å²) in [6, 6.07) is 12.4. The number of aliphatic hydroxyl groups is 1. The molecule has 2 aliphatic rings. The van der Waals surface area contributed by atoms with Crippen molar-refractivity contribution in [1.29, 1.82) is 0 Å². The van der Waals surface area contributed by atoms with Crippen LogP contribution in [-0.2, 0) is 11.8 Å². The van der Waals surface area contributed by atoms with Crippen molar-refractivity contribution in [1.82, 2.24) is 0 Å². The summed E-state index contributed by atoms with van der Waals surface area (Å²) < 4.78 is 12.2. The Labute approximate surface area is 154 Å². The first-order chi connectivity index (χ1) is 12.4. The fraction of sp³-hybridized carbons (Fsp3) is 0.364. The first-order valence-electron chi connectivity index (χ1n) is 8.98. The molecule has 2 aromatic carbocycles. The molecule has 4 rings (SSSR count). The van der Waals surface area contributed by atoms with E-state index in [9.17, 15) is 5.11 Å². The zero-order chi connectivity index (χ0) is 18.5. The van der Waals surface area contributed by atoms with Crippen molar-refractivity contribution in [3.63, 3.8) is 0 Å². The Morgan fingerprint density at radius 3 is 2.73 bits per heavy atom. The molecule has 4 nitrogen and oxygen atoms in total. The molecule has 0 aromatic heterocycles. The lowest BCUT2D eigenvalue weighted by molar-refractivity contribution is 0.0552. The third-order valence-corrected chi connectivity index (χ3v) is 5.87. The molecular formula is C22H25NO3. The van der Waals surface area contributed by atoms with Crippen LogP contribution < -0.4 is 14.4 Å². The molecular weight excluding hydrogens is 326 g/mol. The van der Waals surface area contributed by atoms with Crippen LogP contribution in [0, 0.1) is 0 Å². The Balaban J connectivity index is 1.85. The number of hydrogen-bond donors (Lipinski definition) is 1. The van der Waals surface area contributed by atoms with Crippen LogP contribution in [-0.4, -0.2) is 31.6 Å². The molecule has 0 saturated carbocycles. The van der Waals surface area contributed by atoms with Gasteiger partial charge in [0.2, 0.25) is 5.72 Å². The fourth-order valence-corrected chi connectivity index (χ4v) is 4.29. The van der Waals surface area contributed by atoms with Gasteiger partial charge < -0.3 is 19.5 Å². The number of aliphatic hydroxyl groups excluding tert-OH is 1. The van der Waals surface area contributed by atoms with Crippen LogP contribution in [0.4, 0.5) is 5.69 Å². The third kappa shape index (κ3) is 2.12. The lowest BCUT2D eigenvalue weighted by Gasteiger charge is -2.46. The van der Waals surface area contributed by atoms with E-state index in [4.69, 9.17) is 9.47 Å². The maximum atomic E-state index is 9.30. The summed E-state index contributed by atoms with van der Waals surface area (Å²) in [5.41, 5.74) is 3.64. The van der Waals surface area contributed by atoms with Crippen molar-refractivity contribution < 1.29 is 14.6 Å². The van der Waals surface area contributed by atoms with Gasteiger partial charge in [0.25, 0.3) is 0 Å². The van der Waals surface area contributed by atoms with Gasteiger partial charge in [0.1, 0.15) is 0 Å². The topological polar surface area (TPSA) is 41.9 Å². The Morgan fingerprint density at radius 2 is 2.00 bits per heavy atom. The number of nitrogens with zero attached hydrogens (tertiary/aromatic N) is 1. The second-order valence-corrected chi connectivity index (χ2v) is 7.52. The first-order valence-corrected chi connectivity index (χ1v) is 8.98. The van der Waals surface area contributed by atoms with Crippen molar-refractivity contribution in [2.45, 2.75) is 31.4 Å². The Hall–Kier alpha value is -2.46. The average Bonchev–Trinajstić information content (AvgIpc) is 2.80. The molecule has 1 N–H and O–H groups in total. The predicted molar refractivity (Wildman–Crippen MR) is 104 cm³/mol. The molecule has 1 unspecified atom stereocenters. The molecule has 0 fully saturated rings. The molecule has 2 aromatic rings. The fourth-order valence-electron chi connectivity index (χ4n) is 4.29. The summed E-state index contributed by atoms with van der Waals surface area (Å²) in [6.07, 6.45) is 4.94. The molecule has 0 amide bonds. The molecule has 1 spiro atoms. The molecule has 0 radical (unpaired) electrons. The zero-order valence-electron chi connectivity index (χ0n) is 15.7. The van der Waals surface area contributed by atoms with Crippen molar-refractivity contribution in [2.24, 2.45) is 0 Å². The summed E-state index contributed by atoms with van der Waals surface area (Å²) in [5, 5.41) is 9.30. The van der Waals surface area contributed by atoms with E-state index in [0.29, 0.717) is 6.42 Å². The summed E-state index contributed by atoms with van der Waals surface area (Å²) in [5.74, 6) is 1.52. The molecule has 26 heavy (non-hydrogen) atoms. The van der Waals surface area contributed by atoms with E-state index in [1.165, 1.54) is 5.56 Å². The molecule has 1 atom stereocenters. The largest absolute Gasteiger partial charge is 0.493 e. The van der Waals surface area contributed by atoms with Gasteiger partial charge in [-0.3, -0.25) is 0 Å². The van der Waals surface area contributed by atoms with Crippen molar-refractivity contribution in [3.05, 3.63) is 59.2 Å². The normalized spacial score (nSPS) is 22.1. The van der Waals surface area contributed by atoms with Gasteiger partial charge in [-0.05, 0) is 55.7 Å². The van der Waals surface area contributed by atoms with Crippen LogP contribution >= 0.6 is 0 Å². The van der Waals surface area contributed by atoms with Crippen LogP contribution in [0.25, 0.3) is 6.08 Å². The molecule has 0 saturated heterocycles. The SMILES string of the molecule is COc1cccc2c1OC1(C=C2)N(C)c2ccc(CCO)cc2C1(C)C. The van der Waals surface area contributed by atoms with E-state index in [0.717, 1.165) is 28.3 Å². The standard InChI is InChI=1S/C22H25NO3/c1-21(2)17-14-15(11-13-24)8-9-18(17)23(3)22(21)12-10-16-6-5-7-19(25-4)20(16)26-22/h5-10,12,14,24H,11,13H2,1-4H3. The highest BCUT2D eigenvalue weighted by Crippen LogP contribution is 2.55. The van der Waals surface area contributed by atoms with E-state index in [2.05, 4.69) is 56.1 Å². The number of likely N-dealkylation sites (N-methyl/N-ethyl adjacent to an activating group) is 1. The number of ether oxygens (including phenoxy) is 2. The van der Waals surface area contributed by atoms with Crippen LogP contribution in [0.15, 0.2) is 42.5 Å². The molecule has 0 aliphatic carbocycles. The van der Waals surface area contributed by atoms with Gasteiger partial charge in [-0.15, -0.1) is 0 Å². The second kappa shape index (κ2) is 5.78. The van der Waals surface area contributed by atoms with Gasteiger partial charge >= 0.3 is 0 Å². The minimum absolute atomic E-state index is 0.154. The maximum absolute atomic E-state index is 9.30. The van der Waals surface area contributed by atoms with Gasteiger partial charge in [-0.25, -0.2) is 0 Å². The monoisotopic (exact) mass is 351 g/mol. The van der Waals surface area contributed by atoms with Gasteiger partial charge in [0, 0.05) is 24.9 Å². The summed E-state index contributed by atoms with van der Waals surface area (Å²) in [7, 11) is 3.74. The molecule has 0 bridgehead atoms. The average molecular weight is 351 g/mol. The van der Waals surface area contributed by atoms with E-state index >= 15 is 0 Å². The Kier molecular flexibility index (Phi) is 3.77. The smallest absolute Gasteiger partial charge is 0.212 e.